The van der Waals surface area contributed by atoms with Gasteiger partial charge in [-0.05, 0) is 18.6 Å². The lowest BCUT2D eigenvalue weighted by Crippen LogP contribution is -2.50. The molecular weight excluding hydrogens is 343 g/mol. The molecule has 132 valence electrons. The number of amides is 1. The molecule has 1 N–H and O–H groups in total. The summed E-state index contributed by atoms with van der Waals surface area (Å²) in [6.45, 7) is 2.06. The summed E-state index contributed by atoms with van der Waals surface area (Å²) in [5, 5.41) is 3.73. The fourth-order valence-electron chi connectivity index (χ4n) is 3.76. The Balaban J connectivity index is 1.55. The van der Waals surface area contributed by atoms with Crippen LogP contribution >= 0.6 is 11.6 Å². The zero-order valence-corrected chi connectivity index (χ0v) is 14.7. The van der Waals surface area contributed by atoms with E-state index in [4.69, 9.17) is 11.6 Å². The van der Waals surface area contributed by atoms with Crippen LogP contribution in [-0.4, -0.2) is 40.0 Å². The third-order valence-corrected chi connectivity index (χ3v) is 5.49. The van der Waals surface area contributed by atoms with Gasteiger partial charge in [-0.25, -0.2) is 9.37 Å². The molecule has 4 rings (SSSR count). The van der Waals surface area contributed by atoms with Gasteiger partial charge in [0.05, 0.1) is 0 Å². The van der Waals surface area contributed by atoms with Gasteiger partial charge >= 0.3 is 0 Å². The minimum atomic E-state index is -0.325. The van der Waals surface area contributed by atoms with Crippen molar-refractivity contribution < 1.29 is 9.18 Å². The highest BCUT2D eigenvalue weighted by Crippen LogP contribution is 2.51. The normalized spacial score (nSPS) is 25.9. The highest BCUT2D eigenvalue weighted by atomic mass is 35.5. The summed E-state index contributed by atoms with van der Waals surface area (Å²) in [7, 11) is 1.93. The number of carbonyl (C=O) groups excluding carboxylic acids is 1. The number of benzene rings is 1. The van der Waals surface area contributed by atoms with Crippen LogP contribution in [0.1, 0.15) is 29.8 Å². The molecule has 2 aliphatic rings. The molecule has 25 heavy (non-hydrogen) atoms. The molecule has 1 aliphatic heterocycles. The number of imidazole rings is 1. The minimum absolute atomic E-state index is 0.0684. The first-order valence-corrected chi connectivity index (χ1v) is 8.88. The van der Waals surface area contributed by atoms with E-state index in [1.54, 1.807) is 18.3 Å². The van der Waals surface area contributed by atoms with Crippen LogP contribution in [0.2, 0.25) is 5.02 Å². The Labute approximate surface area is 150 Å². The number of hydrogen-bond acceptors (Lipinski definition) is 3. The second-order valence-corrected chi connectivity index (χ2v) is 7.14. The maximum absolute atomic E-state index is 14.1. The Hall–Kier alpha value is -1.92. The van der Waals surface area contributed by atoms with Gasteiger partial charge in [-0.1, -0.05) is 17.7 Å². The summed E-state index contributed by atoms with van der Waals surface area (Å²) >= 11 is 6.16. The molecule has 1 aliphatic carbocycles. The van der Waals surface area contributed by atoms with Crippen LogP contribution in [0, 0.1) is 11.7 Å². The van der Waals surface area contributed by atoms with Gasteiger partial charge in [-0.2, -0.15) is 0 Å². The SMILES string of the molecule is Cn1ccnc1C1CNCCN1C(=O)C1CC1c1c(F)cccc1Cl. The molecule has 1 amide bonds. The molecule has 2 heterocycles. The molecule has 0 bridgehead atoms. The van der Waals surface area contributed by atoms with E-state index in [1.807, 2.05) is 22.7 Å². The number of hydrogen-bond donors (Lipinski definition) is 1. The Morgan fingerprint density at radius 3 is 3.00 bits per heavy atom. The van der Waals surface area contributed by atoms with Crippen LogP contribution < -0.4 is 5.32 Å². The summed E-state index contributed by atoms with van der Waals surface area (Å²) in [6.07, 6.45) is 4.27. The first kappa shape index (κ1) is 16.5. The van der Waals surface area contributed by atoms with Crippen LogP contribution in [0.25, 0.3) is 0 Å². The van der Waals surface area contributed by atoms with Crippen molar-refractivity contribution in [3.8, 4) is 0 Å². The second kappa shape index (κ2) is 6.42. The van der Waals surface area contributed by atoms with E-state index in [-0.39, 0.29) is 29.6 Å². The maximum Gasteiger partial charge on any atom is 0.227 e. The Bertz CT molecular complexity index is 788. The smallest absolute Gasteiger partial charge is 0.227 e. The predicted octanol–water partition coefficient (Wildman–Crippen LogP) is 2.49. The standard InChI is InChI=1S/C18H20ClFN4O/c1-23-7-6-22-17(23)15-10-21-5-8-24(15)18(25)12-9-11(12)16-13(19)3-2-4-14(16)20/h2-4,6-7,11-12,15,21H,5,8-10H2,1H3. The van der Waals surface area contributed by atoms with Gasteiger partial charge in [0.15, 0.2) is 0 Å². The van der Waals surface area contributed by atoms with Crippen molar-refractivity contribution in [3.63, 3.8) is 0 Å². The lowest BCUT2D eigenvalue weighted by molar-refractivity contribution is -0.136. The monoisotopic (exact) mass is 362 g/mol. The number of halogens is 2. The average Bonchev–Trinajstić information content (AvgIpc) is 3.26. The second-order valence-electron chi connectivity index (χ2n) is 6.73. The van der Waals surface area contributed by atoms with Crippen LogP contribution in [0.5, 0.6) is 0 Å². The van der Waals surface area contributed by atoms with E-state index >= 15 is 0 Å². The van der Waals surface area contributed by atoms with E-state index in [0.717, 1.165) is 12.4 Å². The van der Waals surface area contributed by atoms with Crippen molar-refractivity contribution in [2.24, 2.45) is 13.0 Å². The summed E-state index contributed by atoms with van der Waals surface area (Å²) in [4.78, 5) is 19.4. The maximum atomic E-state index is 14.1. The number of aryl methyl sites for hydroxylation is 1. The van der Waals surface area contributed by atoms with Crippen molar-refractivity contribution in [3.05, 3.63) is 52.8 Å². The van der Waals surface area contributed by atoms with Crippen LogP contribution in [0.3, 0.4) is 0 Å². The molecular formula is C18H20ClFN4O. The van der Waals surface area contributed by atoms with Crippen LogP contribution in [-0.2, 0) is 11.8 Å². The molecule has 1 aromatic carbocycles. The highest BCUT2D eigenvalue weighted by molar-refractivity contribution is 6.31. The fourth-order valence-corrected chi connectivity index (χ4v) is 4.07. The highest BCUT2D eigenvalue weighted by Gasteiger charge is 2.49. The number of nitrogens with zero attached hydrogens (tertiary/aromatic N) is 3. The topological polar surface area (TPSA) is 50.2 Å². The van der Waals surface area contributed by atoms with E-state index in [0.29, 0.717) is 30.1 Å². The van der Waals surface area contributed by atoms with Crippen molar-refractivity contribution in [2.75, 3.05) is 19.6 Å². The van der Waals surface area contributed by atoms with Crippen LogP contribution in [0.4, 0.5) is 4.39 Å². The van der Waals surface area contributed by atoms with Gasteiger partial charge in [0.2, 0.25) is 5.91 Å². The largest absolute Gasteiger partial charge is 0.336 e. The number of piperazine rings is 1. The number of carbonyl (C=O) groups is 1. The third kappa shape index (κ3) is 2.93. The lowest BCUT2D eigenvalue weighted by Gasteiger charge is -2.36. The van der Waals surface area contributed by atoms with Crippen molar-refractivity contribution >= 4 is 17.5 Å². The molecule has 5 nitrogen and oxygen atoms in total. The first-order chi connectivity index (χ1) is 12.1. The summed E-state index contributed by atoms with van der Waals surface area (Å²) in [5.41, 5.74) is 0.478. The molecule has 0 radical (unpaired) electrons. The third-order valence-electron chi connectivity index (χ3n) is 5.16. The van der Waals surface area contributed by atoms with E-state index < -0.39 is 0 Å². The minimum Gasteiger partial charge on any atom is -0.336 e. The van der Waals surface area contributed by atoms with Gasteiger partial charge in [0.25, 0.3) is 0 Å². The van der Waals surface area contributed by atoms with Gasteiger partial charge in [-0.3, -0.25) is 4.79 Å². The molecule has 2 fully saturated rings. The number of rotatable bonds is 3. The van der Waals surface area contributed by atoms with Gasteiger partial charge in [0.1, 0.15) is 17.7 Å². The van der Waals surface area contributed by atoms with E-state index in [9.17, 15) is 9.18 Å². The molecule has 1 saturated carbocycles. The van der Waals surface area contributed by atoms with Gasteiger partial charge < -0.3 is 14.8 Å². The van der Waals surface area contributed by atoms with Crippen molar-refractivity contribution in [1.82, 2.24) is 19.8 Å². The molecule has 7 heteroatoms. The van der Waals surface area contributed by atoms with E-state index in [2.05, 4.69) is 10.3 Å². The summed E-state index contributed by atoms with van der Waals surface area (Å²) in [5.74, 6) is 0.280. The average molecular weight is 363 g/mol. The molecule has 3 unspecified atom stereocenters. The van der Waals surface area contributed by atoms with E-state index in [1.165, 1.54) is 6.07 Å². The zero-order valence-electron chi connectivity index (χ0n) is 14.0. The summed E-state index contributed by atoms with van der Waals surface area (Å²) in [6, 6.07) is 4.58. The number of aromatic nitrogens is 2. The van der Waals surface area contributed by atoms with Crippen molar-refractivity contribution in [2.45, 2.75) is 18.4 Å². The predicted molar refractivity (Wildman–Crippen MR) is 92.8 cm³/mol. The summed E-state index contributed by atoms with van der Waals surface area (Å²) < 4.78 is 16.1. The van der Waals surface area contributed by atoms with Crippen molar-refractivity contribution in [1.29, 1.82) is 0 Å². The Morgan fingerprint density at radius 2 is 2.28 bits per heavy atom. The fraction of sp³-hybridized carbons (Fsp3) is 0.444. The zero-order chi connectivity index (χ0) is 17.6. The molecule has 3 atom stereocenters. The van der Waals surface area contributed by atoms with Gasteiger partial charge in [-0.15, -0.1) is 0 Å². The van der Waals surface area contributed by atoms with Gasteiger partial charge in [0, 0.05) is 61.5 Å². The lowest BCUT2D eigenvalue weighted by atomic mass is 10.1. The Morgan fingerprint density at radius 1 is 1.44 bits per heavy atom. The molecule has 1 saturated heterocycles. The number of nitrogens with one attached hydrogen (secondary N) is 1. The molecule has 0 spiro atoms. The molecule has 2 aromatic rings. The Kier molecular flexibility index (Phi) is 4.25. The van der Waals surface area contributed by atoms with Crippen LogP contribution in [0.15, 0.2) is 30.6 Å². The quantitative estimate of drug-likeness (QED) is 0.912. The molecule has 1 aromatic heterocycles. The first-order valence-electron chi connectivity index (χ1n) is 8.50.